The van der Waals surface area contributed by atoms with Crippen molar-refractivity contribution in [2.45, 2.75) is 25.8 Å². The van der Waals surface area contributed by atoms with Crippen LogP contribution in [0.1, 0.15) is 29.7 Å². The van der Waals surface area contributed by atoms with Crippen molar-refractivity contribution in [3.63, 3.8) is 0 Å². The molecule has 0 amide bonds. The van der Waals surface area contributed by atoms with Crippen LogP contribution >= 0.6 is 23.2 Å². The lowest BCUT2D eigenvalue weighted by atomic mass is 9.94. The predicted octanol–water partition coefficient (Wildman–Crippen LogP) is 5.06. The molecule has 1 atom stereocenters. The third-order valence-electron chi connectivity index (χ3n) is 3.58. The molecule has 1 unspecified atom stereocenters. The molecule has 2 rings (SSSR count). The summed E-state index contributed by atoms with van der Waals surface area (Å²) in [6.45, 7) is 2.19. The summed E-state index contributed by atoms with van der Waals surface area (Å²) in [5.41, 5.74) is 3.92. The number of aryl methyl sites for hydroxylation is 1. The van der Waals surface area contributed by atoms with Gasteiger partial charge < -0.3 is 5.32 Å². The van der Waals surface area contributed by atoms with Gasteiger partial charge in [-0.25, -0.2) is 0 Å². The van der Waals surface area contributed by atoms with E-state index in [2.05, 4.69) is 36.5 Å². The van der Waals surface area contributed by atoms with Gasteiger partial charge in [0.25, 0.3) is 0 Å². The van der Waals surface area contributed by atoms with Gasteiger partial charge in [0, 0.05) is 6.04 Å². The summed E-state index contributed by atoms with van der Waals surface area (Å²) in [5.74, 6) is 0. The predicted molar refractivity (Wildman–Crippen MR) is 87.8 cm³/mol. The molecule has 0 aromatic heterocycles. The van der Waals surface area contributed by atoms with Crippen molar-refractivity contribution in [1.29, 1.82) is 0 Å². The second kappa shape index (κ2) is 7.12. The minimum Gasteiger partial charge on any atom is -0.313 e. The molecule has 0 aliphatic rings. The Morgan fingerprint density at radius 3 is 2.45 bits per heavy atom. The van der Waals surface area contributed by atoms with Crippen LogP contribution in [0.4, 0.5) is 0 Å². The van der Waals surface area contributed by atoms with Gasteiger partial charge in [-0.2, -0.15) is 0 Å². The van der Waals surface area contributed by atoms with Gasteiger partial charge >= 0.3 is 0 Å². The fourth-order valence-corrected chi connectivity index (χ4v) is 2.79. The Bertz CT molecular complexity index is 581. The summed E-state index contributed by atoms with van der Waals surface area (Å²) in [4.78, 5) is 0. The molecule has 2 aromatic carbocycles. The molecular formula is C17H19Cl2N. The van der Waals surface area contributed by atoms with E-state index >= 15 is 0 Å². The van der Waals surface area contributed by atoms with Gasteiger partial charge in [0.2, 0.25) is 0 Å². The van der Waals surface area contributed by atoms with Crippen LogP contribution < -0.4 is 5.32 Å². The number of likely N-dealkylation sites (N-methyl/N-ethyl adjacent to an activating group) is 1. The highest BCUT2D eigenvalue weighted by molar-refractivity contribution is 6.42. The van der Waals surface area contributed by atoms with Crippen LogP contribution in [-0.4, -0.2) is 7.05 Å². The molecule has 2 aromatic rings. The van der Waals surface area contributed by atoms with Crippen LogP contribution in [0.3, 0.4) is 0 Å². The van der Waals surface area contributed by atoms with Gasteiger partial charge in [-0.05, 0) is 48.7 Å². The number of hydrogen-bond acceptors (Lipinski definition) is 1. The molecule has 0 saturated carbocycles. The van der Waals surface area contributed by atoms with Gasteiger partial charge in [0.15, 0.2) is 0 Å². The van der Waals surface area contributed by atoms with Crippen molar-refractivity contribution in [3.05, 3.63) is 69.2 Å². The van der Waals surface area contributed by atoms with Gasteiger partial charge in [-0.3, -0.25) is 0 Å². The van der Waals surface area contributed by atoms with E-state index in [1.807, 2.05) is 25.2 Å². The quantitative estimate of drug-likeness (QED) is 0.814. The number of rotatable bonds is 5. The third-order valence-corrected chi connectivity index (χ3v) is 4.32. The molecule has 20 heavy (non-hydrogen) atoms. The van der Waals surface area contributed by atoms with Crippen LogP contribution in [-0.2, 0) is 12.8 Å². The Kier molecular flexibility index (Phi) is 5.47. The fraction of sp³-hybridized carbons (Fsp3) is 0.294. The molecule has 3 heteroatoms. The molecule has 0 fully saturated rings. The Balaban J connectivity index is 2.26. The van der Waals surface area contributed by atoms with E-state index in [1.54, 1.807) is 0 Å². The van der Waals surface area contributed by atoms with E-state index in [9.17, 15) is 0 Å². The lowest BCUT2D eigenvalue weighted by Gasteiger charge is -2.20. The van der Waals surface area contributed by atoms with E-state index in [0.717, 1.165) is 12.8 Å². The maximum absolute atomic E-state index is 6.09. The van der Waals surface area contributed by atoms with Crippen molar-refractivity contribution < 1.29 is 0 Å². The first-order valence-electron chi connectivity index (χ1n) is 6.84. The van der Waals surface area contributed by atoms with Gasteiger partial charge in [-0.1, -0.05) is 60.5 Å². The second-order valence-electron chi connectivity index (χ2n) is 4.85. The largest absolute Gasteiger partial charge is 0.313 e. The van der Waals surface area contributed by atoms with E-state index in [0.29, 0.717) is 10.0 Å². The molecular weight excluding hydrogens is 289 g/mol. The summed E-state index contributed by atoms with van der Waals surface area (Å²) < 4.78 is 0. The zero-order chi connectivity index (χ0) is 14.5. The number of halogens is 2. The van der Waals surface area contributed by atoms with Crippen LogP contribution in [0.15, 0.2) is 42.5 Å². The molecule has 0 aliphatic carbocycles. The van der Waals surface area contributed by atoms with Crippen LogP contribution in [0, 0.1) is 0 Å². The van der Waals surface area contributed by atoms with Crippen molar-refractivity contribution in [3.8, 4) is 0 Å². The average molecular weight is 308 g/mol. The Morgan fingerprint density at radius 2 is 1.80 bits per heavy atom. The van der Waals surface area contributed by atoms with E-state index in [-0.39, 0.29) is 6.04 Å². The maximum atomic E-state index is 6.09. The van der Waals surface area contributed by atoms with Crippen molar-refractivity contribution >= 4 is 23.2 Å². The average Bonchev–Trinajstić information content (AvgIpc) is 2.48. The molecule has 0 radical (unpaired) electrons. The Hall–Kier alpha value is -1.02. The molecule has 0 aliphatic heterocycles. The zero-order valence-electron chi connectivity index (χ0n) is 11.8. The Labute approximate surface area is 130 Å². The first-order valence-corrected chi connectivity index (χ1v) is 7.60. The minimum absolute atomic E-state index is 0.281. The van der Waals surface area contributed by atoms with Crippen molar-refractivity contribution in [2.24, 2.45) is 0 Å². The third kappa shape index (κ3) is 3.54. The summed E-state index contributed by atoms with van der Waals surface area (Å²) >= 11 is 12.1. The fourth-order valence-electron chi connectivity index (χ4n) is 2.47. The molecule has 0 saturated heterocycles. The highest BCUT2D eigenvalue weighted by Gasteiger charge is 2.13. The summed E-state index contributed by atoms with van der Waals surface area (Å²) in [6, 6.07) is 14.7. The topological polar surface area (TPSA) is 12.0 Å². The summed E-state index contributed by atoms with van der Waals surface area (Å²) in [7, 11) is 1.99. The van der Waals surface area contributed by atoms with E-state index < -0.39 is 0 Å². The lowest BCUT2D eigenvalue weighted by Crippen LogP contribution is -2.20. The van der Waals surface area contributed by atoms with Crippen LogP contribution in [0.5, 0.6) is 0 Å². The Morgan fingerprint density at radius 1 is 1.05 bits per heavy atom. The van der Waals surface area contributed by atoms with Crippen LogP contribution in [0.25, 0.3) is 0 Å². The number of benzene rings is 2. The zero-order valence-corrected chi connectivity index (χ0v) is 13.3. The minimum atomic E-state index is 0.281. The SMILES string of the molecule is CCc1ccccc1C(Cc1ccc(Cl)c(Cl)c1)NC. The molecule has 1 nitrogen and oxygen atoms in total. The molecule has 0 bridgehead atoms. The van der Waals surface area contributed by atoms with E-state index in [4.69, 9.17) is 23.2 Å². The summed E-state index contributed by atoms with van der Waals surface area (Å²) in [5, 5.41) is 4.62. The standard InChI is InChI=1S/C17H19Cl2N/c1-3-13-6-4-5-7-14(13)17(20-2)11-12-8-9-15(18)16(19)10-12/h4-10,17,20H,3,11H2,1-2H3. The van der Waals surface area contributed by atoms with Crippen molar-refractivity contribution in [1.82, 2.24) is 5.32 Å². The van der Waals surface area contributed by atoms with E-state index in [1.165, 1.54) is 16.7 Å². The van der Waals surface area contributed by atoms with Crippen LogP contribution in [0.2, 0.25) is 10.0 Å². The van der Waals surface area contributed by atoms with Gasteiger partial charge in [-0.15, -0.1) is 0 Å². The first kappa shape index (κ1) is 15.4. The summed E-state index contributed by atoms with van der Waals surface area (Å²) in [6.07, 6.45) is 1.93. The highest BCUT2D eigenvalue weighted by Crippen LogP contribution is 2.27. The first-order chi connectivity index (χ1) is 9.65. The molecule has 0 spiro atoms. The lowest BCUT2D eigenvalue weighted by molar-refractivity contribution is 0.587. The smallest absolute Gasteiger partial charge is 0.0595 e. The van der Waals surface area contributed by atoms with Gasteiger partial charge in [0.1, 0.15) is 0 Å². The number of hydrogen-bond donors (Lipinski definition) is 1. The molecule has 106 valence electrons. The second-order valence-corrected chi connectivity index (χ2v) is 5.66. The number of nitrogens with one attached hydrogen (secondary N) is 1. The molecule has 1 N–H and O–H groups in total. The molecule has 0 heterocycles. The maximum Gasteiger partial charge on any atom is 0.0595 e. The van der Waals surface area contributed by atoms with Gasteiger partial charge in [0.05, 0.1) is 10.0 Å². The highest BCUT2D eigenvalue weighted by atomic mass is 35.5. The monoisotopic (exact) mass is 307 g/mol. The van der Waals surface area contributed by atoms with Crippen molar-refractivity contribution in [2.75, 3.05) is 7.05 Å². The normalized spacial score (nSPS) is 12.4.